The van der Waals surface area contributed by atoms with E-state index in [2.05, 4.69) is 42.5 Å². The average Bonchev–Trinajstić information content (AvgIpc) is 2.83. The first kappa shape index (κ1) is 24.5. The molecule has 0 atom stereocenters. The Morgan fingerprint density at radius 2 is 1.06 bits per heavy atom. The summed E-state index contributed by atoms with van der Waals surface area (Å²) in [6, 6.07) is 23.8. The lowest BCUT2D eigenvalue weighted by atomic mass is 10.0. The van der Waals surface area contributed by atoms with Crippen molar-refractivity contribution in [3.8, 4) is 11.5 Å². The molecule has 4 rings (SSSR count). The molecule has 0 spiro atoms. The Labute approximate surface area is 218 Å². The third-order valence-electron chi connectivity index (χ3n) is 5.20. The number of rotatable bonds is 6. The van der Waals surface area contributed by atoms with E-state index < -0.39 is 0 Å². The number of phenols is 2. The van der Waals surface area contributed by atoms with Crippen molar-refractivity contribution in [1.29, 1.82) is 0 Å². The van der Waals surface area contributed by atoms with Crippen LogP contribution in [0.1, 0.15) is 31.8 Å². The molecule has 0 saturated heterocycles. The fraction of sp³-hybridized carbons (Fsp3) is 0.0370. The van der Waals surface area contributed by atoms with Crippen molar-refractivity contribution in [2.45, 2.75) is 6.42 Å². The first-order valence-electron chi connectivity index (χ1n) is 10.6. The fourth-order valence-electron chi connectivity index (χ4n) is 3.47. The molecule has 4 aromatic rings. The van der Waals surface area contributed by atoms with E-state index in [1.165, 1.54) is 12.1 Å². The Morgan fingerprint density at radius 1 is 0.629 bits per heavy atom. The van der Waals surface area contributed by atoms with Crippen molar-refractivity contribution in [2.75, 3.05) is 10.6 Å². The first-order valence-corrected chi connectivity index (χ1v) is 12.1. The molecule has 0 aromatic heterocycles. The fourth-order valence-corrected chi connectivity index (χ4v) is 4.27. The number of anilines is 2. The highest BCUT2D eigenvalue weighted by Gasteiger charge is 2.13. The second-order valence-electron chi connectivity index (χ2n) is 7.81. The van der Waals surface area contributed by atoms with Gasteiger partial charge in [-0.25, -0.2) is 0 Å². The predicted octanol–water partition coefficient (Wildman–Crippen LogP) is 6.72. The lowest BCUT2D eigenvalue weighted by molar-refractivity contribution is 0.101. The van der Waals surface area contributed by atoms with Gasteiger partial charge in [0.1, 0.15) is 11.5 Å². The third kappa shape index (κ3) is 6.29. The Balaban J connectivity index is 1.51. The van der Waals surface area contributed by atoms with E-state index in [1.54, 1.807) is 60.7 Å². The molecular formula is C27H20Br2N2O4. The molecule has 4 aromatic carbocycles. The molecular weight excluding hydrogens is 576 g/mol. The number of hydrogen-bond acceptors (Lipinski definition) is 4. The molecule has 0 aliphatic heterocycles. The summed E-state index contributed by atoms with van der Waals surface area (Å²) >= 11 is 6.69. The van der Waals surface area contributed by atoms with E-state index in [4.69, 9.17) is 0 Å². The molecule has 0 unspecified atom stereocenters. The summed E-state index contributed by atoms with van der Waals surface area (Å²) < 4.78 is 1.55. The lowest BCUT2D eigenvalue weighted by Crippen LogP contribution is -2.12. The maximum Gasteiger partial charge on any atom is 0.255 e. The summed E-state index contributed by atoms with van der Waals surface area (Å²) in [5.41, 5.74) is 3.12. The molecule has 8 heteroatoms. The Kier molecular flexibility index (Phi) is 7.53. The standard InChI is InChI=1S/C27H20Br2N2O4/c28-20-5-1-3-18(14-20)26(34)30-22-12-16(7-9-24(22)32)11-17-8-10-25(33)23(13-17)31-27(35)19-4-2-6-21(29)15-19/h1-10,12-15,32-33H,11H2,(H,30,34)(H,31,35). The second-order valence-corrected chi connectivity index (χ2v) is 9.64. The molecule has 0 aliphatic carbocycles. The van der Waals surface area contributed by atoms with Gasteiger partial charge in [0.05, 0.1) is 11.4 Å². The topological polar surface area (TPSA) is 98.7 Å². The predicted molar refractivity (Wildman–Crippen MR) is 143 cm³/mol. The van der Waals surface area contributed by atoms with Crippen LogP contribution in [0, 0.1) is 0 Å². The van der Waals surface area contributed by atoms with Crippen molar-refractivity contribution in [1.82, 2.24) is 0 Å². The summed E-state index contributed by atoms with van der Waals surface area (Å²) in [5, 5.41) is 26.0. The van der Waals surface area contributed by atoms with Crippen LogP contribution in [0.5, 0.6) is 11.5 Å². The van der Waals surface area contributed by atoms with Crippen LogP contribution >= 0.6 is 31.9 Å². The first-order chi connectivity index (χ1) is 16.8. The molecule has 2 amide bonds. The van der Waals surface area contributed by atoms with Gasteiger partial charge in [-0.15, -0.1) is 0 Å². The van der Waals surface area contributed by atoms with Crippen molar-refractivity contribution in [3.05, 3.63) is 116 Å². The number of halogens is 2. The Hall–Kier alpha value is -3.62. The minimum Gasteiger partial charge on any atom is -0.506 e. The van der Waals surface area contributed by atoms with E-state index >= 15 is 0 Å². The summed E-state index contributed by atoms with van der Waals surface area (Å²) in [5.74, 6) is -0.795. The van der Waals surface area contributed by atoms with E-state index in [-0.39, 0.29) is 34.7 Å². The van der Waals surface area contributed by atoms with Gasteiger partial charge in [-0.1, -0.05) is 56.1 Å². The van der Waals surface area contributed by atoms with Crippen LogP contribution < -0.4 is 10.6 Å². The van der Waals surface area contributed by atoms with Gasteiger partial charge < -0.3 is 20.8 Å². The van der Waals surface area contributed by atoms with Crippen molar-refractivity contribution in [2.24, 2.45) is 0 Å². The monoisotopic (exact) mass is 594 g/mol. The van der Waals surface area contributed by atoms with E-state index in [0.29, 0.717) is 17.5 Å². The van der Waals surface area contributed by atoms with Gasteiger partial charge in [-0.3, -0.25) is 9.59 Å². The molecule has 0 aliphatic rings. The number of aromatic hydroxyl groups is 2. The minimum absolute atomic E-state index is 0.0511. The van der Waals surface area contributed by atoms with Gasteiger partial charge in [0.2, 0.25) is 0 Å². The zero-order valence-electron chi connectivity index (χ0n) is 18.3. The van der Waals surface area contributed by atoms with Crippen molar-refractivity contribution < 1.29 is 19.8 Å². The van der Waals surface area contributed by atoms with Crippen LogP contribution in [0.2, 0.25) is 0 Å². The zero-order chi connectivity index (χ0) is 24.9. The molecule has 4 N–H and O–H groups in total. The molecule has 0 fully saturated rings. The number of phenolic OH excluding ortho intramolecular Hbond substituents is 2. The number of carbonyl (C=O) groups excluding carboxylic acids is 2. The molecule has 0 saturated carbocycles. The van der Waals surface area contributed by atoms with Gasteiger partial charge in [-0.05, 0) is 78.2 Å². The largest absolute Gasteiger partial charge is 0.506 e. The van der Waals surface area contributed by atoms with E-state index in [1.807, 2.05) is 12.1 Å². The molecule has 176 valence electrons. The SMILES string of the molecule is O=C(Nc1cc(Cc2ccc(O)c(NC(=O)c3cccc(Br)c3)c2)ccc1O)c1cccc(Br)c1. The third-order valence-corrected chi connectivity index (χ3v) is 6.19. The zero-order valence-corrected chi connectivity index (χ0v) is 21.4. The van der Waals surface area contributed by atoms with Crippen molar-refractivity contribution in [3.63, 3.8) is 0 Å². The van der Waals surface area contributed by atoms with Gasteiger partial charge >= 0.3 is 0 Å². The van der Waals surface area contributed by atoms with E-state index in [9.17, 15) is 19.8 Å². The molecule has 0 heterocycles. The van der Waals surface area contributed by atoms with Gasteiger partial charge in [0.25, 0.3) is 11.8 Å². The highest BCUT2D eigenvalue weighted by atomic mass is 79.9. The normalized spacial score (nSPS) is 10.6. The molecule has 0 bridgehead atoms. The van der Waals surface area contributed by atoms with Crippen molar-refractivity contribution >= 4 is 55.0 Å². The highest BCUT2D eigenvalue weighted by molar-refractivity contribution is 9.10. The molecule has 0 radical (unpaired) electrons. The second kappa shape index (κ2) is 10.8. The summed E-state index contributed by atoms with van der Waals surface area (Å²) in [7, 11) is 0. The number of carbonyl (C=O) groups is 2. The number of hydrogen-bond donors (Lipinski definition) is 4. The van der Waals surface area contributed by atoms with Gasteiger partial charge in [0, 0.05) is 20.1 Å². The van der Waals surface area contributed by atoms with E-state index in [0.717, 1.165) is 20.1 Å². The summed E-state index contributed by atoms with van der Waals surface area (Å²) in [6.07, 6.45) is 0.445. The Bertz CT molecular complexity index is 1320. The summed E-state index contributed by atoms with van der Waals surface area (Å²) in [6.45, 7) is 0. The Morgan fingerprint density at radius 3 is 1.46 bits per heavy atom. The number of nitrogens with one attached hydrogen (secondary N) is 2. The maximum atomic E-state index is 12.6. The molecule has 35 heavy (non-hydrogen) atoms. The number of amides is 2. The van der Waals surface area contributed by atoms with Crippen LogP contribution in [0.15, 0.2) is 93.9 Å². The maximum absolute atomic E-state index is 12.6. The highest BCUT2D eigenvalue weighted by Crippen LogP contribution is 2.29. The quantitative estimate of drug-likeness (QED) is 0.186. The minimum atomic E-state index is -0.346. The van der Waals surface area contributed by atoms with Gasteiger partial charge in [0.15, 0.2) is 0 Å². The lowest BCUT2D eigenvalue weighted by Gasteiger charge is -2.12. The molecule has 6 nitrogen and oxygen atoms in total. The number of benzene rings is 4. The smallest absolute Gasteiger partial charge is 0.255 e. The van der Waals surface area contributed by atoms with Gasteiger partial charge in [-0.2, -0.15) is 0 Å². The van der Waals surface area contributed by atoms with Crippen LogP contribution in [0.4, 0.5) is 11.4 Å². The van der Waals surface area contributed by atoms with Crippen LogP contribution in [-0.4, -0.2) is 22.0 Å². The van der Waals surface area contributed by atoms with Crippen LogP contribution in [0.3, 0.4) is 0 Å². The van der Waals surface area contributed by atoms with Crippen LogP contribution in [0.25, 0.3) is 0 Å². The van der Waals surface area contributed by atoms with Crippen LogP contribution in [-0.2, 0) is 6.42 Å². The summed E-state index contributed by atoms with van der Waals surface area (Å²) in [4.78, 5) is 25.2. The average molecular weight is 596 g/mol.